The first-order chi connectivity index (χ1) is 8.11. The minimum absolute atomic E-state index is 0.114. The molecule has 0 bridgehead atoms. The van der Waals surface area contributed by atoms with Crippen LogP contribution in [0.4, 0.5) is 0 Å². The highest BCUT2D eigenvalue weighted by atomic mass is 79.9. The molecule has 2 aromatic rings. The highest BCUT2D eigenvalue weighted by molar-refractivity contribution is 9.10. The maximum absolute atomic E-state index is 11.7. The second-order valence-electron chi connectivity index (χ2n) is 3.99. The summed E-state index contributed by atoms with van der Waals surface area (Å²) in [6.07, 6.45) is 0.880. The third-order valence-corrected chi connectivity index (χ3v) is 3.30. The van der Waals surface area contributed by atoms with E-state index in [1.807, 2.05) is 38.1 Å². The van der Waals surface area contributed by atoms with Gasteiger partial charge in [0.15, 0.2) is 5.82 Å². The molecule has 0 spiro atoms. The van der Waals surface area contributed by atoms with Crippen molar-refractivity contribution < 1.29 is 0 Å². The third-order valence-electron chi connectivity index (χ3n) is 2.77. The fraction of sp³-hybridized carbons (Fsp3) is 0.333. The minimum atomic E-state index is -0.155. The van der Waals surface area contributed by atoms with E-state index in [0.717, 1.165) is 16.5 Å². The van der Waals surface area contributed by atoms with Crippen molar-refractivity contribution in [3.8, 4) is 11.4 Å². The molecule has 0 amide bonds. The lowest BCUT2D eigenvalue weighted by Crippen LogP contribution is -2.21. The van der Waals surface area contributed by atoms with Gasteiger partial charge in [-0.3, -0.25) is 4.98 Å². The second kappa shape index (κ2) is 4.87. The molecule has 1 unspecified atom stereocenters. The van der Waals surface area contributed by atoms with E-state index in [-0.39, 0.29) is 11.7 Å². The Morgan fingerprint density at radius 2 is 2.06 bits per heavy atom. The number of nitrogens with zero attached hydrogens (tertiary/aromatic N) is 2. The van der Waals surface area contributed by atoms with E-state index in [1.165, 1.54) is 4.68 Å². The van der Waals surface area contributed by atoms with Gasteiger partial charge in [0.2, 0.25) is 0 Å². The molecule has 5 heteroatoms. The Morgan fingerprint density at radius 1 is 1.41 bits per heavy atom. The molecule has 0 fully saturated rings. The largest absolute Gasteiger partial charge is 0.343 e. The van der Waals surface area contributed by atoms with Gasteiger partial charge >= 0.3 is 5.69 Å². The molecular weight excluding hydrogens is 282 g/mol. The van der Waals surface area contributed by atoms with Crippen molar-refractivity contribution in [2.24, 2.45) is 0 Å². The Labute approximate surface area is 108 Å². The molecule has 4 nitrogen and oxygen atoms in total. The van der Waals surface area contributed by atoms with Crippen LogP contribution in [0.25, 0.3) is 11.4 Å². The van der Waals surface area contributed by atoms with Gasteiger partial charge in [-0.2, -0.15) is 0 Å². The number of benzene rings is 1. The number of halogens is 1. The lowest BCUT2D eigenvalue weighted by atomic mass is 10.2. The number of aromatic amines is 1. The number of hydrogen-bond donors (Lipinski definition) is 1. The van der Waals surface area contributed by atoms with Gasteiger partial charge in [-0.1, -0.05) is 35.0 Å². The van der Waals surface area contributed by atoms with Gasteiger partial charge in [-0.25, -0.2) is 9.48 Å². The third kappa shape index (κ3) is 2.49. The van der Waals surface area contributed by atoms with Gasteiger partial charge < -0.3 is 0 Å². The van der Waals surface area contributed by atoms with E-state index >= 15 is 0 Å². The van der Waals surface area contributed by atoms with Gasteiger partial charge in [-0.05, 0) is 25.5 Å². The molecule has 0 aliphatic rings. The Morgan fingerprint density at radius 3 is 2.65 bits per heavy atom. The smallest absolute Gasteiger partial charge is 0.289 e. The summed E-state index contributed by atoms with van der Waals surface area (Å²) in [7, 11) is 0. The molecule has 0 aliphatic heterocycles. The van der Waals surface area contributed by atoms with Crippen LogP contribution in [0.5, 0.6) is 0 Å². The van der Waals surface area contributed by atoms with Crippen LogP contribution in [0, 0.1) is 0 Å². The van der Waals surface area contributed by atoms with E-state index in [9.17, 15) is 4.79 Å². The molecule has 0 saturated heterocycles. The van der Waals surface area contributed by atoms with Gasteiger partial charge in [0.25, 0.3) is 0 Å². The zero-order valence-electron chi connectivity index (χ0n) is 9.77. The number of H-pyrrole nitrogens is 1. The van der Waals surface area contributed by atoms with Crippen molar-refractivity contribution in [3.05, 3.63) is 39.2 Å². The molecular formula is C12H14BrN3O. The quantitative estimate of drug-likeness (QED) is 0.946. The first-order valence-corrected chi connectivity index (χ1v) is 6.36. The summed E-state index contributed by atoms with van der Waals surface area (Å²) in [4.78, 5) is 14.5. The van der Waals surface area contributed by atoms with Crippen molar-refractivity contribution in [1.82, 2.24) is 14.8 Å². The predicted octanol–water partition coefficient (Wildman–Crippen LogP) is 2.97. The van der Waals surface area contributed by atoms with Crippen LogP contribution in [-0.4, -0.2) is 14.8 Å². The zero-order valence-corrected chi connectivity index (χ0v) is 11.4. The Kier molecular flexibility index (Phi) is 3.47. The summed E-state index contributed by atoms with van der Waals surface area (Å²) >= 11 is 3.37. The summed E-state index contributed by atoms with van der Waals surface area (Å²) in [5.41, 5.74) is 0.754. The van der Waals surface area contributed by atoms with E-state index in [4.69, 9.17) is 0 Å². The number of rotatable bonds is 3. The summed E-state index contributed by atoms with van der Waals surface area (Å²) in [6.45, 7) is 4.01. The molecule has 1 heterocycles. The molecule has 0 aliphatic carbocycles. The first kappa shape index (κ1) is 12.1. The Balaban J connectivity index is 2.41. The fourth-order valence-corrected chi connectivity index (χ4v) is 1.81. The molecule has 1 atom stereocenters. The van der Waals surface area contributed by atoms with E-state index in [1.54, 1.807) is 0 Å². The van der Waals surface area contributed by atoms with E-state index in [0.29, 0.717) is 5.82 Å². The zero-order chi connectivity index (χ0) is 12.4. The van der Waals surface area contributed by atoms with Gasteiger partial charge in [0, 0.05) is 10.0 Å². The van der Waals surface area contributed by atoms with Crippen molar-refractivity contribution in [1.29, 1.82) is 0 Å². The highest BCUT2D eigenvalue weighted by Gasteiger charge is 2.11. The molecule has 0 radical (unpaired) electrons. The predicted molar refractivity (Wildman–Crippen MR) is 71.0 cm³/mol. The monoisotopic (exact) mass is 295 g/mol. The van der Waals surface area contributed by atoms with Crippen LogP contribution in [0.15, 0.2) is 33.5 Å². The molecule has 0 saturated carbocycles. The van der Waals surface area contributed by atoms with Crippen molar-refractivity contribution in [2.45, 2.75) is 26.3 Å². The van der Waals surface area contributed by atoms with Crippen molar-refractivity contribution in [3.63, 3.8) is 0 Å². The van der Waals surface area contributed by atoms with E-state index < -0.39 is 0 Å². The van der Waals surface area contributed by atoms with Crippen LogP contribution >= 0.6 is 15.9 Å². The Hall–Kier alpha value is -1.36. The number of aromatic nitrogens is 3. The van der Waals surface area contributed by atoms with Gasteiger partial charge in [-0.15, -0.1) is 5.10 Å². The Bertz CT molecular complexity index is 556. The van der Waals surface area contributed by atoms with Crippen LogP contribution in [-0.2, 0) is 0 Å². The van der Waals surface area contributed by atoms with E-state index in [2.05, 4.69) is 26.0 Å². The van der Waals surface area contributed by atoms with Gasteiger partial charge in [0.05, 0.1) is 6.04 Å². The molecule has 90 valence electrons. The van der Waals surface area contributed by atoms with Crippen LogP contribution in [0.1, 0.15) is 26.3 Å². The minimum Gasteiger partial charge on any atom is -0.289 e. The number of nitrogens with one attached hydrogen (secondary N) is 1. The molecule has 1 aromatic heterocycles. The van der Waals surface area contributed by atoms with Gasteiger partial charge in [0.1, 0.15) is 0 Å². The molecule has 2 rings (SSSR count). The summed E-state index contributed by atoms with van der Waals surface area (Å²) in [6, 6.07) is 7.81. The normalized spacial score (nSPS) is 12.6. The molecule has 17 heavy (non-hydrogen) atoms. The van der Waals surface area contributed by atoms with Crippen molar-refractivity contribution in [2.75, 3.05) is 0 Å². The summed E-state index contributed by atoms with van der Waals surface area (Å²) < 4.78 is 2.50. The van der Waals surface area contributed by atoms with Crippen LogP contribution in [0.2, 0.25) is 0 Å². The fourth-order valence-electron chi connectivity index (χ4n) is 1.55. The van der Waals surface area contributed by atoms with Crippen LogP contribution < -0.4 is 5.69 Å². The molecule has 1 N–H and O–H groups in total. The summed E-state index contributed by atoms with van der Waals surface area (Å²) in [5.74, 6) is 0.614. The van der Waals surface area contributed by atoms with Crippen LogP contribution in [0.3, 0.4) is 0 Å². The maximum atomic E-state index is 11.7. The number of hydrogen-bond acceptors (Lipinski definition) is 2. The SMILES string of the molecule is CCC(C)n1nc(-c2ccc(Br)cc2)[nH]c1=O. The second-order valence-corrected chi connectivity index (χ2v) is 4.90. The van der Waals surface area contributed by atoms with Crippen molar-refractivity contribution >= 4 is 15.9 Å². The standard InChI is InChI=1S/C12H14BrN3O/c1-3-8(2)16-12(17)14-11(15-16)9-4-6-10(13)7-5-9/h4-8H,3H2,1-2H3,(H,14,15,17). The lowest BCUT2D eigenvalue weighted by molar-refractivity contribution is 0.463. The summed E-state index contributed by atoms with van der Waals surface area (Å²) in [5, 5.41) is 4.31. The average molecular weight is 296 g/mol. The molecule has 1 aromatic carbocycles. The topological polar surface area (TPSA) is 50.7 Å². The first-order valence-electron chi connectivity index (χ1n) is 5.56. The maximum Gasteiger partial charge on any atom is 0.343 e. The average Bonchev–Trinajstić information content (AvgIpc) is 2.71. The lowest BCUT2D eigenvalue weighted by Gasteiger charge is -2.05. The highest BCUT2D eigenvalue weighted by Crippen LogP contribution is 2.18.